The molecule has 1 saturated heterocycles. The van der Waals surface area contributed by atoms with Crippen molar-refractivity contribution in [2.45, 2.75) is 31.9 Å². The molecule has 0 bridgehead atoms. The molecule has 1 atom stereocenters. The number of benzene rings is 1. The Morgan fingerprint density at radius 3 is 2.75 bits per heavy atom. The SMILES string of the molecule is CCOC1CCN(C(CN)c2cccc(Cl)c2F)CC1. The van der Waals surface area contributed by atoms with Gasteiger partial charge in [0.1, 0.15) is 5.82 Å². The number of rotatable bonds is 5. The molecule has 0 aliphatic carbocycles. The first-order chi connectivity index (χ1) is 9.67. The van der Waals surface area contributed by atoms with Gasteiger partial charge in [-0.05, 0) is 25.8 Å². The summed E-state index contributed by atoms with van der Waals surface area (Å²) in [7, 11) is 0. The molecule has 2 N–H and O–H groups in total. The fraction of sp³-hybridized carbons (Fsp3) is 0.600. The molecule has 112 valence electrons. The number of likely N-dealkylation sites (tertiary alicyclic amines) is 1. The molecule has 0 saturated carbocycles. The van der Waals surface area contributed by atoms with Gasteiger partial charge in [0.05, 0.1) is 11.1 Å². The third-order valence-electron chi connectivity index (χ3n) is 3.88. The number of piperidine rings is 1. The van der Waals surface area contributed by atoms with E-state index in [2.05, 4.69) is 4.90 Å². The van der Waals surface area contributed by atoms with Crippen LogP contribution in [0.5, 0.6) is 0 Å². The molecule has 2 rings (SSSR count). The highest BCUT2D eigenvalue weighted by Crippen LogP contribution is 2.29. The first-order valence-electron chi connectivity index (χ1n) is 7.17. The zero-order chi connectivity index (χ0) is 14.5. The van der Waals surface area contributed by atoms with Crippen molar-refractivity contribution in [3.05, 3.63) is 34.6 Å². The third kappa shape index (κ3) is 3.50. The van der Waals surface area contributed by atoms with E-state index in [-0.39, 0.29) is 16.9 Å². The Hall–Kier alpha value is -0.680. The van der Waals surface area contributed by atoms with Crippen LogP contribution < -0.4 is 5.73 Å². The molecular formula is C15H22ClFN2O. The topological polar surface area (TPSA) is 38.5 Å². The second-order valence-electron chi connectivity index (χ2n) is 5.09. The van der Waals surface area contributed by atoms with Crippen LogP contribution in [0, 0.1) is 5.82 Å². The lowest BCUT2D eigenvalue weighted by Gasteiger charge is -2.37. The molecule has 0 aromatic heterocycles. The van der Waals surface area contributed by atoms with E-state index in [9.17, 15) is 4.39 Å². The highest BCUT2D eigenvalue weighted by Gasteiger charge is 2.27. The quantitative estimate of drug-likeness (QED) is 0.908. The Kier molecular flexibility index (Phi) is 5.78. The first kappa shape index (κ1) is 15.7. The Labute approximate surface area is 124 Å². The lowest BCUT2D eigenvalue weighted by molar-refractivity contribution is 0.00419. The predicted molar refractivity (Wildman–Crippen MR) is 79.4 cm³/mol. The smallest absolute Gasteiger partial charge is 0.146 e. The number of nitrogens with zero attached hydrogens (tertiary/aromatic N) is 1. The molecular weight excluding hydrogens is 279 g/mol. The highest BCUT2D eigenvalue weighted by atomic mass is 35.5. The summed E-state index contributed by atoms with van der Waals surface area (Å²) in [6, 6.07) is 5.00. The van der Waals surface area contributed by atoms with Crippen LogP contribution in [0.2, 0.25) is 5.02 Å². The zero-order valence-corrected chi connectivity index (χ0v) is 12.6. The van der Waals surface area contributed by atoms with E-state index in [1.165, 1.54) is 0 Å². The molecule has 1 aromatic rings. The summed E-state index contributed by atoms with van der Waals surface area (Å²) in [4.78, 5) is 2.23. The van der Waals surface area contributed by atoms with E-state index >= 15 is 0 Å². The maximum absolute atomic E-state index is 14.2. The largest absolute Gasteiger partial charge is 0.378 e. The monoisotopic (exact) mass is 300 g/mol. The van der Waals surface area contributed by atoms with Crippen LogP contribution in [0.25, 0.3) is 0 Å². The molecule has 1 aliphatic rings. The summed E-state index contributed by atoms with van der Waals surface area (Å²) in [6.45, 7) is 4.89. The molecule has 0 amide bonds. The van der Waals surface area contributed by atoms with E-state index in [0.29, 0.717) is 18.2 Å². The number of nitrogens with two attached hydrogens (primary N) is 1. The lowest BCUT2D eigenvalue weighted by atomic mass is 10.00. The second-order valence-corrected chi connectivity index (χ2v) is 5.49. The minimum Gasteiger partial charge on any atom is -0.378 e. The van der Waals surface area contributed by atoms with Gasteiger partial charge in [0.15, 0.2) is 0 Å². The van der Waals surface area contributed by atoms with Crippen molar-refractivity contribution in [3.8, 4) is 0 Å². The van der Waals surface area contributed by atoms with Crippen molar-refractivity contribution in [1.82, 2.24) is 4.90 Å². The fourth-order valence-corrected chi connectivity index (χ4v) is 3.02. The highest BCUT2D eigenvalue weighted by molar-refractivity contribution is 6.30. The second kappa shape index (κ2) is 7.36. The van der Waals surface area contributed by atoms with Gasteiger partial charge in [-0.1, -0.05) is 23.7 Å². The standard InChI is InChI=1S/C15H22ClFN2O/c1-2-20-11-6-8-19(9-7-11)14(10-18)12-4-3-5-13(16)15(12)17/h3-5,11,14H,2,6-10,18H2,1H3. The summed E-state index contributed by atoms with van der Waals surface area (Å²) in [5.74, 6) is -0.350. The minimum atomic E-state index is -0.350. The van der Waals surface area contributed by atoms with Crippen molar-refractivity contribution in [3.63, 3.8) is 0 Å². The Morgan fingerprint density at radius 1 is 1.45 bits per heavy atom. The first-order valence-corrected chi connectivity index (χ1v) is 7.54. The van der Waals surface area contributed by atoms with Crippen molar-refractivity contribution >= 4 is 11.6 Å². The Balaban J connectivity index is 2.08. The van der Waals surface area contributed by atoms with Crippen LogP contribution >= 0.6 is 11.6 Å². The van der Waals surface area contributed by atoms with Crippen LogP contribution in [-0.4, -0.2) is 37.2 Å². The molecule has 1 heterocycles. The van der Waals surface area contributed by atoms with Gasteiger partial charge in [-0.3, -0.25) is 4.90 Å². The van der Waals surface area contributed by atoms with Gasteiger partial charge in [-0.15, -0.1) is 0 Å². The van der Waals surface area contributed by atoms with Crippen molar-refractivity contribution in [2.75, 3.05) is 26.2 Å². The molecule has 0 radical (unpaired) electrons. The predicted octanol–water partition coefficient (Wildman–Crippen LogP) is 2.98. The minimum absolute atomic E-state index is 0.115. The number of hydrogen-bond acceptors (Lipinski definition) is 3. The summed E-state index contributed by atoms with van der Waals surface area (Å²) in [5, 5.41) is 0.158. The normalized spacial score (nSPS) is 19.2. The number of ether oxygens (including phenoxy) is 1. The van der Waals surface area contributed by atoms with Crippen molar-refractivity contribution < 1.29 is 9.13 Å². The summed E-state index contributed by atoms with van der Waals surface area (Å²) in [6.07, 6.45) is 2.25. The molecule has 0 spiro atoms. The maximum atomic E-state index is 14.2. The molecule has 1 aromatic carbocycles. The number of hydrogen-bond donors (Lipinski definition) is 1. The van der Waals surface area contributed by atoms with Gasteiger partial charge < -0.3 is 10.5 Å². The van der Waals surface area contributed by atoms with Crippen LogP contribution in [0.3, 0.4) is 0 Å². The zero-order valence-electron chi connectivity index (χ0n) is 11.8. The van der Waals surface area contributed by atoms with Gasteiger partial charge in [-0.25, -0.2) is 4.39 Å². The van der Waals surface area contributed by atoms with Gasteiger partial charge in [-0.2, -0.15) is 0 Å². The molecule has 5 heteroatoms. The summed E-state index contributed by atoms with van der Waals surface area (Å²) >= 11 is 5.86. The van der Waals surface area contributed by atoms with E-state index in [1.54, 1.807) is 18.2 Å². The average molecular weight is 301 g/mol. The van der Waals surface area contributed by atoms with Crippen LogP contribution in [0.1, 0.15) is 31.4 Å². The summed E-state index contributed by atoms with van der Waals surface area (Å²) in [5.41, 5.74) is 6.46. The third-order valence-corrected chi connectivity index (χ3v) is 4.18. The van der Waals surface area contributed by atoms with E-state index in [1.807, 2.05) is 6.92 Å². The lowest BCUT2D eigenvalue weighted by Crippen LogP contribution is -2.42. The van der Waals surface area contributed by atoms with Crippen molar-refractivity contribution in [1.29, 1.82) is 0 Å². The van der Waals surface area contributed by atoms with Gasteiger partial charge in [0.2, 0.25) is 0 Å². The summed E-state index contributed by atoms with van der Waals surface area (Å²) < 4.78 is 19.8. The molecule has 3 nitrogen and oxygen atoms in total. The number of halogens is 2. The Morgan fingerprint density at radius 2 is 2.15 bits per heavy atom. The van der Waals surface area contributed by atoms with Crippen LogP contribution in [-0.2, 0) is 4.74 Å². The molecule has 1 fully saturated rings. The van der Waals surface area contributed by atoms with Gasteiger partial charge in [0, 0.05) is 37.8 Å². The van der Waals surface area contributed by atoms with Gasteiger partial charge in [0.25, 0.3) is 0 Å². The van der Waals surface area contributed by atoms with Crippen LogP contribution in [0.4, 0.5) is 4.39 Å². The van der Waals surface area contributed by atoms with E-state index < -0.39 is 0 Å². The van der Waals surface area contributed by atoms with E-state index in [4.69, 9.17) is 22.1 Å². The van der Waals surface area contributed by atoms with Gasteiger partial charge >= 0.3 is 0 Å². The fourth-order valence-electron chi connectivity index (χ4n) is 2.84. The molecule has 1 aliphatic heterocycles. The van der Waals surface area contributed by atoms with Crippen molar-refractivity contribution in [2.24, 2.45) is 5.73 Å². The molecule has 20 heavy (non-hydrogen) atoms. The maximum Gasteiger partial charge on any atom is 0.146 e. The van der Waals surface area contributed by atoms with E-state index in [0.717, 1.165) is 32.5 Å². The Bertz CT molecular complexity index is 436. The molecule has 1 unspecified atom stereocenters. The van der Waals surface area contributed by atoms with Crippen LogP contribution in [0.15, 0.2) is 18.2 Å². The average Bonchev–Trinajstić information content (AvgIpc) is 2.46.